The highest BCUT2D eigenvalue weighted by atomic mass is 16.5. The zero-order chi connectivity index (χ0) is 13.7. The summed E-state index contributed by atoms with van der Waals surface area (Å²) in [4.78, 5) is 11.1. The molecule has 1 aliphatic carbocycles. The van der Waals surface area contributed by atoms with Crippen LogP contribution in [0.25, 0.3) is 0 Å². The molecule has 2 rings (SSSR count). The normalized spacial score (nSPS) is 17.7. The Morgan fingerprint density at radius 2 is 2.37 bits per heavy atom. The summed E-state index contributed by atoms with van der Waals surface area (Å²) in [5, 5.41) is 12.5. The molecule has 0 saturated carbocycles. The Kier molecular flexibility index (Phi) is 4.80. The smallest absolute Gasteiger partial charge is 0.219 e. The quantitative estimate of drug-likeness (QED) is 0.798. The molecule has 0 spiro atoms. The van der Waals surface area contributed by atoms with Gasteiger partial charge in [-0.25, -0.2) is 0 Å². The Hall–Kier alpha value is -1.55. The zero-order valence-electron chi connectivity index (χ0n) is 11.3. The number of hydrogen-bond donors (Lipinski definition) is 2. The summed E-state index contributed by atoms with van der Waals surface area (Å²) in [7, 11) is 1.63. The first kappa shape index (κ1) is 13.9. The molecule has 2 N–H and O–H groups in total. The van der Waals surface area contributed by atoms with Gasteiger partial charge in [0.05, 0.1) is 12.7 Å². The van der Waals surface area contributed by atoms with E-state index in [-0.39, 0.29) is 12.0 Å². The summed E-state index contributed by atoms with van der Waals surface area (Å²) in [6.45, 7) is 0.516. The number of fused-ring (bicyclic) bond motifs is 1. The van der Waals surface area contributed by atoms with Gasteiger partial charge in [-0.2, -0.15) is 0 Å². The molecule has 1 amide bonds. The fraction of sp³-hybridized carbons (Fsp3) is 0.533. The topological polar surface area (TPSA) is 58.6 Å². The van der Waals surface area contributed by atoms with Crippen LogP contribution in [0, 0.1) is 0 Å². The molecular weight excluding hydrogens is 242 g/mol. The van der Waals surface area contributed by atoms with Gasteiger partial charge in [0.2, 0.25) is 5.91 Å². The molecule has 0 aromatic heterocycles. The fourth-order valence-electron chi connectivity index (χ4n) is 2.39. The second kappa shape index (κ2) is 6.57. The largest absolute Gasteiger partial charge is 0.494 e. The SMILES string of the molecule is CNC(=O)CCCOc1ccc2c(c1)[C@@H](O)CCC2. The second-order valence-electron chi connectivity index (χ2n) is 4.89. The average Bonchev–Trinajstić information content (AvgIpc) is 2.44. The minimum Gasteiger partial charge on any atom is -0.494 e. The maximum absolute atomic E-state index is 11.1. The van der Waals surface area contributed by atoms with Crippen LogP contribution >= 0.6 is 0 Å². The van der Waals surface area contributed by atoms with E-state index in [1.54, 1.807) is 7.05 Å². The van der Waals surface area contributed by atoms with Crippen LogP contribution in [-0.2, 0) is 11.2 Å². The van der Waals surface area contributed by atoms with E-state index in [0.717, 1.165) is 30.6 Å². The predicted octanol–water partition coefficient (Wildman–Crippen LogP) is 1.96. The first-order valence-electron chi connectivity index (χ1n) is 6.85. The van der Waals surface area contributed by atoms with Crippen molar-refractivity contribution in [3.8, 4) is 5.75 Å². The van der Waals surface area contributed by atoms with Crippen molar-refractivity contribution >= 4 is 5.91 Å². The predicted molar refractivity (Wildman–Crippen MR) is 73.1 cm³/mol. The zero-order valence-corrected chi connectivity index (χ0v) is 11.3. The Bertz CT molecular complexity index is 445. The van der Waals surface area contributed by atoms with Gasteiger partial charge in [0.15, 0.2) is 0 Å². The van der Waals surface area contributed by atoms with Crippen molar-refractivity contribution in [2.45, 2.75) is 38.2 Å². The van der Waals surface area contributed by atoms with E-state index >= 15 is 0 Å². The number of amides is 1. The summed E-state index contributed by atoms with van der Waals surface area (Å²) < 4.78 is 5.62. The molecule has 0 fully saturated rings. The van der Waals surface area contributed by atoms with Gasteiger partial charge in [0.25, 0.3) is 0 Å². The minimum atomic E-state index is -0.363. The molecule has 1 aliphatic rings. The van der Waals surface area contributed by atoms with Crippen LogP contribution in [0.4, 0.5) is 0 Å². The molecule has 0 radical (unpaired) electrons. The Balaban J connectivity index is 1.88. The molecule has 0 aliphatic heterocycles. The Labute approximate surface area is 113 Å². The molecule has 1 atom stereocenters. The lowest BCUT2D eigenvalue weighted by Crippen LogP contribution is -2.18. The van der Waals surface area contributed by atoms with Gasteiger partial charge in [-0.3, -0.25) is 4.79 Å². The Morgan fingerprint density at radius 3 is 3.16 bits per heavy atom. The van der Waals surface area contributed by atoms with E-state index in [9.17, 15) is 9.90 Å². The lowest BCUT2D eigenvalue weighted by Gasteiger charge is -2.22. The van der Waals surface area contributed by atoms with Crippen molar-refractivity contribution < 1.29 is 14.6 Å². The third-order valence-corrected chi connectivity index (χ3v) is 3.50. The third kappa shape index (κ3) is 3.70. The standard InChI is InChI=1S/C15H21NO3/c1-16-15(18)6-3-9-19-12-8-7-11-4-2-5-14(17)13(11)10-12/h7-8,10,14,17H,2-6,9H2,1H3,(H,16,18)/t14-/m0/s1. The number of hydrogen-bond acceptors (Lipinski definition) is 3. The van der Waals surface area contributed by atoms with Gasteiger partial charge in [-0.1, -0.05) is 6.07 Å². The molecule has 0 unspecified atom stereocenters. The number of nitrogens with one attached hydrogen (secondary N) is 1. The van der Waals surface area contributed by atoms with E-state index < -0.39 is 0 Å². The summed E-state index contributed by atoms with van der Waals surface area (Å²) >= 11 is 0. The summed E-state index contributed by atoms with van der Waals surface area (Å²) in [5.74, 6) is 0.807. The van der Waals surface area contributed by atoms with Gasteiger partial charge >= 0.3 is 0 Å². The van der Waals surface area contributed by atoms with Crippen molar-refractivity contribution in [1.82, 2.24) is 5.32 Å². The number of aliphatic hydroxyl groups is 1. The van der Waals surface area contributed by atoms with Crippen LogP contribution in [0.1, 0.15) is 42.9 Å². The maximum Gasteiger partial charge on any atom is 0.219 e. The highest BCUT2D eigenvalue weighted by molar-refractivity contribution is 5.75. The van der Waals surface area contributed by atoms with Crippen molar-refractivity contribution in [2.24, 2.45) is 0 Å². The van der Waals surface area contributed by atoms with Crippen LogP contribution in [-0.4, -0.2) is 24.7 Å². The molecule has 1 aromatic rings. The highest BCUT2D eigenvalue weighted by Gasteiger charge is 2.18. The number of benzene rings is 1. The van der Waals surface area contributed by atoms with E-state index in [1.807, 2.05) is 18.2 Å². The number of aliphatic hydroxyl groups excluding tert-OH is 1. The van der Waals surface area contributed by atoms with Gasteiger partial charge in [0, 0.05) is 13.5 Å². The van der Waals surface area contributed by atoms with Gasteiger partial charge in [-0.05, 0) is 48.9 Å². The van der Waals surface area contributed by atoms with Crippen LogP contribution < -0.4 is 10.1 Å². The number of carbonyl (C=O) groups excluding carboxylic acids is 1. The number of carbonyl (C=O) groups is 1. The maximum atomic E-state index is 11.1. The molecular formula is C15H21NO3. The lowest BCUT2D eigenvalue weighted by atomic mass is 9.89. The van der Waals surface area contributed by atoms with Crippen molar-refractivity contribution in [2.75, 3.05) is 13.7 Å². The average molecular weight is 263 g/mol. The molecule has 0 bridgehead atoms. The lowest BCUT2D eigenvalue weighted by molar-refractivity contribution is -0.120. The number of aryl methyl sites for hydroxylation is 1. The van der Waals surface area contributed by atoms with Crippen LogP contribution in [0.2, 0.25) is 0 Å². The summed E-state index contributed by atoms with van der Waals surface area (Å²) in [6, 6.07) is 5.90. The number of ether oxygens (including phenoxy) is 1. The number of rotatable bonds is 5. The second-order valence-corrected chi connectivity index (χ2v) is 4.89. The van der Waals surface area contributed by atoms with Gasteiger partial charge < -0.3 is 15.2 Å². The van der Waals surface area contributed by atoms with Crippen molar-refractivity contribution in [3.63, 3.8) is 0 Å². The van der Waals surface area contributed by atoms with Gasteiger partial charge in [-0.15, -0.1) is 0 Å². The monoisotopic (exact) mass is 263 g/mol. The highest BCUT2D eigenvalue weighted by Crippen LogP contribution is 2.32. The van der Waals surface area contributed by atoms with E-state index in [1.165, 1.54) is 5.56 Å². The van der Waals surface area contributed by atoms with E-state index in [4.69, 9.17) is 4.74 Å². The molecule has 4 nitrogen and oxygen atoms in total. The van der Waals surface area contributed by atoms with Crippen molar-refractivity contribution in [1.29, 1.82) is 0 Å². The molecule has 0 saturated heterocycles. The van der Waals surface area contributed by atoms with E-state index in [0.29, 0.717) is 19.4 Å². The van der Waals surface area contributed by atoms with E-state index in [2.05, 4.69) is 5.32 Å². The first-order valence-corrected chi connectivity index (χ1v) is 6.85. The van der Waals surface area contributed by atoms with Crippen LogP contribution in [0.15, 0.2) is 18.2 Å². The Morgan fingerprint density at radius 1 is 1.53 bits per heavy atom. The summed E-state index contributed by atoms with van der Waals surface area (Å²) in [6.07, 6.45) is 3.71. The molecule has 1 aromatic carbocycles. The van der Waals surface area contributed by atoms with Gasteiger partial charge in [0.1, 0.15) is 5.75 Å². The van der Waals surface area contributed by atoms with Crippen molar-refractivity contribution in [3.05, 3.63) is 29.3 Å². The summed E-state index contributed by atoms with van der Waals surface area (Å²) in [5.41, 5.74) is 2.21. The molecule has 104 valence electrons. The fourth-order valence-corrected chi connectivity index (χ4v) is 2.39. The van der Waals surface area contributed by atoms with Crippen LogP contribution in [0.3, 0.4) is 0 Å². The molecule has 4 heteroatoms. The van der Waals surface area contributed by atoms with Crippen LogP contribution in [0.5, 0.6) is 5.75 Å². The first-order chi connectivity index (χ1) is 9.20. The molecule has 0 heterocycles. The molecule has 19 heavy (non-hydrogen) atoms. The third-order valence-electron chi connectivity index (χ3n) is 3.50. The minimum absolute atomic E-state index is 0.0319.